The van der Waals surface area contributed by atoms with E-state index in [0.29, 0.717) is 30.7 Å². The van der Waals surface area contributed by atoms with Gasteiger partial charge in [-0.1, -0.05) is 13.0 Å². The Morgan fingerprint density at radius 2 is 1.86 bits per heavy atom. The molecule has 4 aliphatic rings. The molecule has 0 radical (unpaired) electrons. The van der Waals surface area contributed by atoms with Crippen LogP contribution in [-0.4, -0.2) is 39.4 Å². The number of halogens is 4. The van der Waals surface area contributed by atoms with Gasteiger partial charge in [0.15, 0.2) is 11.6 Å². The number of rotatable bonds is 6. The van der Waals surface area contributed by atoms with Gasteiger partial charge in [0.1, 0.15) is 5.69 Å². The Morgan fingerprint density at radius 1 is 1.19 bits per heavy atom. The minimum atomic E-state index is -5.11. The van der Waals surface area contributed by atoms with E-state index in [1.165, 1.54) is 17.7 Å². The van der Waals surface area contributed by atoms with E-state index < -0.39 is 34.9 Å². The number of hydrogen-bond donors (Lipinski definition) is 2. The molecule has 2 N–H and O–H groups in total. The van der Waals surface area contributed by atoms with Crippen LogP contribution in [0.3, 0.4) is 0 Å². The summed E-state index contributed by atoms with van der Waals surface area (Å²) in [4.78, 5) is 26.6. The lowest BCUT2D eigenvalue weighted by atomic mass is 9.52. The monoisotopic (exact) mass is 508 g/mol. The SMILES string of the molecule is CCc1cc(C(=O)c2cccc(OC(F)(F)F)c2F)n(C)c1C(=O)NC1C2CC3CC1CC(O)(C3)C2. The van der Waals surface area contributed by atoms with Crippen LogP contribution in [0.4, 0.5) is 17.6 Å². The normalized spacial score (nSPS) is 28.9. The van der Waals surface area contributed by atoms with Gasteiger partial charge in [-0.05, 0) is 80.0 Å². The molecule has 1 heterocycles. The smallest absolute Gasteiger partial charge is 0.403 e. The Kier molecular flexibility index (Phi) is 5.93. The third kappa shape index (κ3) is 4.29. The molecule has 194 valence electrons. The maximum atomic E-state index is 14.8. The zero-order valence-electron chi connectivity index (χ0n) is 20.0. The summed E-state index contributed by atoms with van der Waals surface area (Å²) in [6.07, 6.45) is -0.593. The lowest BCUT2D eigenvalue weighted by Crippen LogP contribution is -2.61. The number of hydrogen-bond acceptors (Lipinski definition) is 4. The highest BCUT2D eigenvalue weighted by atomic mass is 19.4. The Labute approximate surface area is 205 Å². The van der Waals surface area contributed by atoms with Gasteiger partial charge >= 0.3 is 6.36 Å². The van der Waals surface area contributed by atoms with Gasteiger partial charge in [0.25, 0.3) is 5.91 Å². The number of carbonyl (C=O) groups is 2. The standard InChI is InChI=1S/C26H28F4N2O4/c1-3-14-9-18(23(33)17-5-4-6-19(20(17)27)36-26(28,29)30)32(2)22(14)24(34)31-21-15-7-13-8-16(21)12-25(35,10-13)11-15/h4-6,9,13,15-16,21,35H,3,7-8,10-12H2,1-2H3,(H,31,34). The average Bonchev–Trinajstić information content (AvgIpc) is 3.11. The molecule has 4 fully saturated rings. The van der Waals surface area contributed by atoms with Gasteiger partial charge in [-0.15, -0.1) is 13.2 Å². The molecule has 6 nitrogen and oxygen atoms in total. The molecule has 10 heteroatoms. The highest BCUT2D eigenvalue weighted by molar-refractivity contribution is 6.10. The Hall–Kier alpha value is -2.88. The summed E-state index contributed by atoms with van der Waals surface area (Å²) in [7, 11) is 1.51. The minimum Gasteiger partial charge on any atom is -0.403 e. The number of aryl methyl sites for hydroxylation is 1. The minimum absolute atomic E-state index is 0.0144. The Balaban J connectivity index is 1.41. The average molecular weight is 509 g/mol. The number of carbonyl (C=O) groups excluding carboxylic acids is 2. The summed E-state index contributed by atoms with van der Waals surface area (Å²) in [6, 6.07) is 4.39. The molecule has 0 aliphatic heterocycles. The van der Waals surface area contributed by atoms with Crippen molar-refractivity contribution in [3.8, 4) is 5.75 Å². The molecule has 2 unspecified atom stereocenters. The van der Waals surface area contributed by atoms with E-state index in [9.17, 15) is 32.3 Å². The number of ether oxygens (including phenoxy) is 1. The molecule has 1 amide bonds. The third-order valence-electron chi connectivity index (χ3n) is 8.11. The molecule has 6 rings (SSSR count). The van der Waals surface area contributed by atoms with Crippen molar-refractivity contribution in [1.82, 2.24) is 9.88 Å². The van der Waals surface area contributed by atoms with Crippen molar-refractivity contribution in [2.75, 3.05) is 0 Å². The molecular weight excluding hydrogens is 480 g/mol. The van der Waals surface area contributed by atoms with E-state index in [0.717, 1.165) is 37.5 Å². The summed E-state index contributed by atoms with van der Waals surface area (Å²) < 4.78 is 57.7. The van der Waals surface area contributed by atoms with Crippen LogP contribution in [0.25, 0.3) is 0 Å². The van der Waals surface area contributed by atoms with Gasteiger partial charge < -0.3 is 19.7 Å². The summed E-state index contributed by atoms with van der Waals surface area (Å²) in [5.74, 6) is -2.85. The third-order valence-corrected chi connectivity index (χ3v) is 8.11. The molecule has 4 aliphatic carbocycles. The topological polar surface area (TPSA) is 80.6 Å². The van der Waals surface area contributed by atoms with E-state index in [1.807, 2.05) is 6.92 Å². The Morgan fingerprint density at radius 3 is 2.44 bits per heavy atom. The van der Waals surface area contributed by atoms with Crippen molar-refractivity contribution >= 4 is 11.7 Å². The molecule has 0 spiro atoms. The first-order valence-corrected chi connectivity index (χ1v) is 12.2. The zero-order chi connectivity index (χ0) is 26.0. The van der Waals surface area contributed by atoms with Crippen LogP contribution in [0.2, 0.25) is 0 Å². The zero-order valence-corrected chi connectivity index (χ0v) is 20.0. The van der Waals surface area contributed by atoms with Crippen LogP contribution >= 0.6 is 0 Å². The quantitative estimate of drug-likeness (QED) is 0.444. The fraction of sp³-hybridized carbons (Fsp3) is 0.538. The molecule has 2 aromatic rings. The predicted molar refractivity (Wildman–Crippen MR) is 121 cm³/mol. The van der Waals surface area contributed by atoms with Crippen molar-refractivity contribution in [2.45, 2.75) is 63.5 Å². The maximum absolute atomic E-state index is 14.8. The number of aliphatic hydroxyl groups is 1. The van der Waals surface area contributed by atoms with Crippen LogP contribution in [0.1, 0.15) is 71.1 Å². The van der Waals surface area contributed by atoms with E-state index in [2.05, 4.69) is 10.1 Å². The summed E-state index contributed by atoms with van der Waals surface area (Å²) >= 11 is 0. The second kappa shape index (κ2) is 8.61. The van der Waals surface area contributed by atoms with Crippen LogP contribution in [0.5, 0.6) is 5.75 Å². The number of ketones is 1. The fourth-order valence-electron chi connectivity index (χ4n) is 6.92. The lowest BCUT2D eigenvalue weighted by molar-refractivity contribution is -0.275. The number of nitrogens with zero attached hydrogens (tertiary/aromatic N) is 1. The van der Waals surface area contributed by atoms with Crippen molar-refractivity contribution < 1.29 is 37.0 Å². The van der Waals surface area contributed by atoms with Crippen LogP contribution in [0.15, 0.2) is 24.3 Å². The largest absolute Gasteiger partial charge is 0.573 e. The van der Waals surface area contributed by atoms with Gasteiger partial charge in [0.2, 0.25) is 5.78 Å². The summed E-state index contributed by atoms with van der Waals surface area (Å²) in [6.45, 7) is 1.82. The lowest BCUT2D eigenvalue weighted by Gasteiger charge is -2.58. The van der Waals surface area contributed by atoms with Crippen LogP contribution < -0.4 is 10.1 Å². The van der Waals surface area contributed by atoms with E-state index >= 15 is 0 Å². The number of nitrogens with one attached hydrogen (secondary N) is 1. The van der Waals surface area contributed by atoms with E-state index in [-0.39, 0.29) is 35.2 Å². The van der Waals surface area contributed by atoms with Crippen molar-refractivity contribution in [3.05, 3.63) is 52.6 Å². The molecular formula is C26H28F4N2O4. The predicted octanol–water partition coefficient (Wildman–Crippen LogP) is 4.53. The molecule has 4 saturated carbocycles. The molecule has 36 heavy (non-hydrogen) atoms. The highest BCUT2D eigenvalue weighted by Crippen LogP contribution is 2.55. The summed E-state index contributed by atoms with van der Waals surface area (Å²) in [5.41, 5.74) is -0.397. The second-order valence-electron chi connectivity index (χ2n) is 10.5. The highest BCUT2D eigenvalue weighted by Gasteiger charge is 2.55. The van der Waals surface area contributed by atoms with E-state index in [4.69, 9.17) is 0 Å². The van der Waals surface area contributed by atoms with E-state index in [1.54, 1.807) is 0 Å². The molecule has 0 saturated heterocycles. The first-order valence-electron chi connectivity index (χ1n) is 12.2. The summed E-state index contributed by atoms with van der Waals surface area (Å²) in [5, 5.41) is 14.0. The molecule has 4 bridgehead atoms. The van der Waals surface area contributed by atoms with Gasteiger partial charge in [-0.3, -0.25) is 9.59 Å². The number of alkyl halides is 3. The van der Waals surface area contributed by atoms with Crippen LogP contribution in [-0.2, 0) is 13.5 Å². The first kappa shape index (κ1) is 24.8. The number of benzene rings is 1. The molecule has 2 atom stereocenters. The van der Waals surface area contributed by atoms with Gasteiger partial charge in [0, 0.05) is 13.1 Å². The number of amides is 1. The first-order chi connectivity index (χ1) is 16.9. The molecule has 1 aromatic heterocycles. The second-order valence-corrected chi connectivity index (χ2v) is 10.5. The Bertz CT molecular complexity index is 1210. The molecule has 1 aromatic carbocycles. The van der Waals surface area contributed by atoms with Gasteiger partial charge in [-0.2, -0.15) is 0 Å². The van der Waals surface area contributed by atoms with Crippen molar-refractivity contribution in [2.24, 2.45) is 24.8 Å². The fourth-order valence-corrected chi connectivity index (χ4v) is 6.92. The van der Waals surface area contributed by atoms with Gasteiger partial charge in [-0.25, -0.2) is 4.39 Å². The van der Waals surface area contributed by atoms with Gasteiger partial charge in [0.05, 0.1) is 16.9 Å². The number of aromatic nitrogens is 1. The maximum Gasteiger partial charge on any atom is 0.573 e. The van der Waals surface area contributed by atoms with Crippen molar-refractivity contribution in [1.29, 1.82) is 0 Å². The van der Waals surface area contributed by atoms with Crippen LogP contribution in [0, 0.1) is 23.6 Å². The van der Waals surface area contributed by atoms with Crippen molar-refractivity contribution in [3.63, 3.8) is 0 Å².